The Labute approximate surface area is 97.4 Å². The molecule has 0 amide bonds. The Morgan fingerprint density at radius 3 is 2.88 bits per heavy atom. The maximum Gasteiger partial charge on any atom is 0.248 e. The molecular formula is C13H12N2O2. The molecule has 0 aliphatic carbocycles. The summed E-state index contributed by atoms with van der Waals surface area (Å²) in [5.74, 6) is 0.790. The van der Waals surface area contributed by atoms with E-state index in [1.165, 1.54) is 0 Å². The molecule has 2 heterocycles. The molecule has 2 aromatic heterocycles. The highest BCUT2D eigenvalue weighted by Crippen LogP contribution is 2.33. The molecule has 0 saturated carbocycles. The maximum atomic E-state index is 11.4. The van der Waals surface area contributed by atoms with Gasteiger partial charge in [0.15, 0.2) is 0 Å². The average Bonchev–Trinajstić information content (AvgIpc) is 2.63. The largest absolute Gasteiger partial charge is 0.496 e. The quantitative estimate of drug-likeness (QED) is 0.692. The number of pyridine rings is 1. The van der Waals surface area contributed by atoms with Crippen molar-refractivity contribution in [3.8, 4) is 5.75 Å². The molecule has 0 fully saturated rings. The number of benzene rings is 1. The van der Waals surface area contributed by atoms with Gasteiger partial charge in [0.05, 0.1) is 18.1 Å². The zero-order chi connectivity index (χ0) is 12.0. The van der Waals surface area contributed by atoms with E-state index in [-0.39, 0.29) is 5.56 Å². The van der Waals surface area contributed by atoms with Crippen LogP contribution in [-0.2, 0) is 7.05 Å². The summed E-state index contributed by atoms with van der Waals surface area (Å²) in [6, 6.07) is 7.48. The summed E-state index contributed by atoms with van der Waals surface area (Å²) in [5, 5.41) is 1.90. The van der Waals surface area contributed by atoms with Gasteiger partial charge in [-0.1, -0.05) is 6.07 Å². The summed E-state index contributed by atoms with van der Waals surface area (Å²) in [4.78, 5) is 14.1. The molecule has 1 aromatic carbocycles. The molecule has 0 atom stereocenters. The Morgan fingerprint density at radius 2 is 2.12 bits per heavy atom. The number of ether oxygens (including phenoxy) is 1. The fraction of sp³-hybridized carbons (Fsp3) is 0.154. The van der Waals surface area contributed by atoms with E-state index >= 15 is 0 Å². The van der Waals surface area contributed by atoms with Crippen molar-refractivity contribution in [2.24, 2.45) is 7.05 Å². The van der Waals surface area contributed by atoms with E-state index < -0.39 is 0 Å². The van der Waals surface area contributed by atoms with Crippen molar-refractivity contribution in [1.82, 2.24) is 9.55 Å². The second-order valence-corrected chi connectivity index (χ2v) is 4.01. The highest BCUT2D eigenvalue weighted by molar-refractivity contribution is 6.10. The molecule has 3 rings (SSSR count). The first-order valence-electron chi connectivity index (χ1n) is 5.36. The number of aromatic nitrogens is 2. The molecule has 4 heteroatoms. The van der Waals surface area contributed by atoms with Crippen molar-refractivity contribution in [3.05, 3.63) is 40.8 Å². The number of rotatable bonds is 1. The Bertz CT molecular complexity index is 768. The number of nitrogens with zero attached hydrogens (tertiary/aromatic N) is 1. The van der Waals surface area contributed by atoms with Crippen LogP contribution in [-0.4, -0.2) is 16.7 Å². The van der Waals surface area contributed by atoms with Gasteiger partial charge in [0.2, 0.25) is 5.56 Å². The van der Waals surface area contributed by atoms with E-state index in [1.807, 2.05) is 29.8 Å². The van der Waals surface area contributed by atoms with Gasteiger partial charge in [-0.25, -0.2) is 0 Å². The van der Waals surface area contributed by atoms with Gasteiger partial charge in [-0.3, -0.25) is 4.79 Å². The molecule has 0 saturated heterocycles. The van der Waals surface area contributed by atoms with Crippen LogP contribution >= 0.6 is 0 Å². The molecule has 0 spiro atoms. The van der Waals surface area contributed by atoms with Gasteiger partial charge >= 0.3 is 0 Å². The van der Waals surface area contributed by atoms with Crippen LogP contribution in [0.1, 0.15) is 0 Å². The first-order chi connectivity index (χ1) is 8.22. The van der Waals surface area contributed by atoms with Crippen molar-refractivity contribution in [1.29, 1.82) is 0 Å². The average molecular weight is 228 g/mol. The van der Waals surface area contributed by atoms with Crippen LogP contribution in [0.3, 0.4) is 0 Å². The fourth-order valence-corrected chi connectivity index (χ4v) is 2.31. The van der Waals surface area contributed by atoms with Crippen molar-refractivity contribution in [2.75, 3.05) is 7.11 Å². The van der Waals surface area contributed by atoms with Crippen LogP contribution in [0, 0.1) is 0 Å². The number of H-pyrrole nitrogens is 1. The van der Waals surface area contributed by atoms with Gasteiger partial charge in [0.1, 0.15) is 5.75 Å². The highest BCUT2D eigenvalue weighted by atomic mass is 16.5. The van der Waals surface area contributed by atoms with Gasteiger partial charge in [-0.05, 0) is 12.1 Å². The van der Waals surface area contributed by atoms with E-state index in [9.17, 15) is 4.79 Å². The number of methoxy groups -OCH3 is 1. The number of aromatic amines is 1. The van der Waals surface area contributed by atoms with Crippen molar-refractivity contribution >= 4 is 21.8 Å². The molecule has 86 valence electrons. The third kappa shape index (κ3) is 1.27. The monoisotopic (exact) mass is 228 g/mol. The molecule has 0 radical (unpaired) electrons. The third-order valence-corrected chi connectivity index (χ3v) is 3.12. The minimum atomic E-state index is -0.101. The molecule has 0 aliphatic rings. The van der Waals surface area contributed by atoms with Gasteiger partial charge in [0, 0.05) is 30.1 Å². The van der Waals surface area contributed by atoms with Crippen LogP contribution in [0.15, 0.2) is 35.3 Å². The predicted octanol–water partition coefficient (Wildman–Crippen LogP) is 2.03. The lowest BCUT2D eigenvalue weighted by Crippen LogP contribution is -2.01. The Hall–Kier alpha value is -2.23. The zero-order valence-electron chi connectivity index (χ0n) is 9.65. The van der Waals surface area contributed by atoms with Crippen LogP contribution < -0.4 is 10.3 Å². The lowest BCUT2D eigenvalue weighted by molar-refractivity contribution is 0.420. The summed E-state index contributed by atoms with van der Waals surface area (Å²) in [7, 11) is 3.61. The van der Waals surface area contributed by atoms with Gasteiger partial charge in [-0.2, -0.15) is 0 Å². The minimum absolute atomic E-state index is 0.101. The lowest BCUT2D eigenvalue weighted by atomic mass is 10.1. The van der Waals surface area contributed by atoms with E-state index in [4.69, 9.17) is 4.74 Å². The molecular weight excluding hydrogens is 216 g/mol. The smallest absolute Gasteiger partial charge is 0.248 e. The SMILES string of the molecule is COc1cccc2c1c1cc(=O)[nH]cc1n2C. The van der Waals surface area contributed by atoms with Crippen molar-refractivity contribution < 1.29 is 4.74 Å². The standard InChI is InChI=1S/C13H12N2O2/c1-15-9-4-3-5-11(17-2)13(9)8-6-12(16)14-7-10(8)15/h3-7H,1-2H3,(H,14,16). The van der Waals surface area contributed by atoms with Crippen LogP contribution in [0.25, 0.3) is 21.8 Å². The van der Waals surface area contributed by atoms with E-state index in [2.05, 4.69) is 4.98 Å². The molecule has 4 nitrogen and oxygen atoms in total. The second-order valence-electron chi connectivity index (χ2n) is 4.01. The van der Waals surface area contributed by atoms with Crippen molar-refractivity contribution in [3.63, 3.8) is 0 Å². The van der Waals surface area contributed by atoms with Gasteiger partial charge < -0.3 is 14.3 Å². The second kappa shape index (κ2) is 3.38. The van der Waals surface area contributed by atoms with E-state index in [0.29, 0.717) is 0 Å². The fourth-order valence-electron chi connectivity index (χ4n) is 2.31. The lowest BCUT2D eigenvalue weighted by Gasteiger charge is -2.01. The molecule has 0 unspecified atom stereocenters. The summed E-state index contributed by atoms with van der Waals surface area (Å²) in [6.07, 6.45) is 1.73. The summed E-state index contributed by atoms with van der Waals surface area (Å²) >= 11 is 0. The first kappa shape index (κ1) is 9.96. The van der Waals surface area contributed by atoms with Crippen molar-refractivity contribution in [2.45, 2.75) is 0 Å². The van der Waals surface area contributed by atoms with E-state index in [1.54, 1.807) is 19.4 Å². The number of hydrogen-bond acceptors (Lipinski definition) is 2. The normalized spacial score (nSPS) is 11.2. The summed E-state index contributed by atoms with van der Waals surface area (Å²) in [5.41, 5.74) is 1.94. The molecule has 0 aliphatic heterocycles. The van der Waals surface area contributed by atoms with Gasteiger partial charge in [-0.15, -0.1) is 0 Å². The summed E-state index contributed by atoms with van der Waals surface area (Å²) < 4.78 is 7.41. The molecule has 0 bridgehead atoms. The Kier molecular flexibility index (Phi) is 1.98. The van der Waals surface area contributed by atoms with E-state index in [0.717, 1.165) is 27.6 Å². The topological polar surface area (TPSA) is 47.0 Å². The molecule has 1 N–H and O–H groups in total. The van der Waals surface area contributed by atoms with Crippen LogP contribution in [0.5, 0.6) is 5.75 Å². The molecule has 17 heavy (non-hydrogen) atoms. The number of nitrogens with one attached hydrogen (secondary N) is 1. The maximum absolute atomic E-state index is 11.4. The number of hydrogen-bond donors (Lipinski definition) is 1. The van der Waals surface area contributed by atoms with Crippen LogP contribution in [0.4, 0.5) is 0 Å². The first-order valence-corrected chi connectivity index (χ1v) is 5.36. The van der Waals surface area contributed by atoms with Crippen LogP contribution in [0.2, 0.25) is 0 Å². The number of fused-ring (bicyclic) bond motifs is 3. The Morgan fingerprint density at radius 1 is 1.29 bits per heavy atom. The Balaban J connectivity index is 2.65. The minimum Gasteiger partial charge on any atom is -0.496 e. The molecule has 3 aromatic rings. The highest BCUT2D eigenvalue weighted by Gasteiger charge is 2.12. The zero-order valence-corrected chi connectivity index (χ0v) is 9.65. The number of aryl methyl sites for hydroxylation is 1. The predicted molar refractivity (Wildman–Crippen MR) is 67.6 cm³/mol. The third-order valence-electron chi connectivity index (χ3n) is 3.12. The summed E-state index contributed by atoms with van der Waals surface area (Å²) in [6.45, 7) is 0. The van der Waals surface area contributed by atoms with Gasteiger partial charge in [0.25, 0.3) is 0 Å².